The Balaban J connectivity index is 1.90. The number of hydrogen-bond donors (Lipinski definition) is 1. The molecule has 1 aliphatic heterocycles. The number of carbonyl (C=O) groups excluding carboxylic acids is 1. The zero-order chi connectivity index (χ0) is 18.9. The van der Waals surface area contributed by atoms with Crippen molar-refractivity contribution in [1.29, 1.82) is 0 Å². The highest BCUT2D eigenvalue weighted by Crippen LogP contribution is 2.18. The normalized spacial score (nSPS) is 16.6. The second-order valence-electron chi connectivity index (χ2n) is 7.34. The summed E-state index contributed by atoms with van der Waals surface area (Å²) in [7, 11) is 0. The van der Waals surface area contributed by atoms with Gasteiger partial charge in [-0.05, 0) is 38.8 Å². The van der Waals surface area contributed by atoms with Gasteiger partial charge in [-0.15, -0.1) is 16.8 Å². The molecule has 1 aromatic heterocycles. The Morgan fingerprint density at radius 2 is 2.00 bits per heavy atom. The van der Waals surface area contributed by atoms with Crippen LogP contribution in [0.2, 0.25) is 0 Å². The number of hydrogen-bond acceptors (Lipinski definition) is 5. The highest BCUT2D eigenvalue weighted by Gasteiger charge is 2.17. The number of allylic oxidation sites excluding steroid dienone is 1. The first kappa shape index (κ1) is 21.0. The van der Waals surface area contributed by atoms with Crippen LogP contribution >= 0.6 is 11.8 Å². The van der Waals surface area contributed by atoms with Gasteiger partial charge in [-0.3, -0.25) is 4.79 Å². The number of nitrogens with one attached hydrogen (secondary N) is 1. The third-order valence-electron chi connectivity index (χ3n) is 4.93. The van der Waals surface area contributed by atoms with Gasteiger partial charge in [0.2, 0.25) is 5.91 Å². The zero-order valence-corrected chi connectivity index (χ0v) is 17.2. The first-order valence-corrected chi connectivity index (χ1v) is 10.7. The molecule has 0 aliphatic carbocycles. The third kappa shape index (κ3) is 6.43. The van der Waals surface area contributed by atoms with E-state index in [9.17, 15) is 4.79 Å². The molecule has 7 heteroatoms. The summed E-state index contributed by atoms with van der Waals surface area (Å²) in [5.41, 5.74) is 0. The molecule has 1 N–H and O–H groups in total. The number of carbonyl (C=O) groups is 1. The molecule has 1 saturated heterocycles. The van der Waals surface area contributed by atoms with Gasteiger partial charge < -0.3 is 14.8 Å². The van der Waals surface area contributed by atoms with Crippen LogP contribution in [-0.4, -0.2) is 57.0 Å². The molecule has 0 saturated carbocycles. The monoisotopic (exact) mass is 379 g/mol. The minimum atomic E-state index is 0.0409. The van der Waals surface area contributed by atoms with E-state index in [1.807, 2.05) is 13.0 Å². The zero-order valence-electron chi connectivity index (χ0n) is 16.4. The number of likely N-dealkylation sites (tertiary alicyclic amines) is 1. The van der Waals surface area contributed by atoms with Gasteiger partial charge in [0.15, 0.2) is 5.16 Å². The molecule has 0 unspecified atom stereocenters. The molecule has 0 radical (unpaired) electrons. The summed E-state index contributed by atoms with van der Waals surface area (Å²) in [4.78, 5) is 14.6. The van der Waals surface area contributed by atoms with Crippen molar-refractivity contribution in [2.45, 2.75) is 64.2 Å². The third-order valence-corrected chi connectivity index (χ3v) is 5.89. The van der Waals surface area contributed by atoms with E-state index < -0.39 is 0 Å². The lowest BCUT2D eigenvalue weighted by Gasteiger charge is -2.26. The Kier molecular flexibility index (Phi) is 8.65. The van der Waals surface area contributed by atoms with Crippen LogP contribution in [0.5, 0.6) is 0 Å². The molecule has 2 heterocycles. The van der Waals surface area contributed by atoms with Crippen molar-refractivity contribution in [1.82, 2.24) is 25.0 Å². The van der Waals surface area contributed by atoms with Crippen LogP contribution in [0.1, 0.15) is 45.9 Å². The van der Waals surface area contributed by atoms with Crippen LogP contribution in [0, 0.1) is 5.92 Å². The van der Waals surface area contributed by atoms with E-state index in [1.165, 1.54) is 44.1 Å². The average Bonchev–Trinajstić information content (AvgIpc) is 3.01. The van der Waals surface area contributed by atoms with E-state index in [0.29, 0.717) is 18.2 Å². The lowest BCUT2D eigenvalue weighted by molar-refractivity contribution is -0.119. The maximum absolute atomic E-state index is 12.1. The van der Waals surface area contributed by atoms with Crippen molar-refractivity contribution in [2.24, 2.45) is 5.92 Å². The second kappa shape index (κ2) is 10.7. The first-order chi connectivity index (χ1) is 12.5. The van der Waals surface area contributed by atoms with Gasteiger partial charge in [0.25, 0.3) is 0 Å². The van der Waals surface area contributed by atoms with E-state index in [4.69, 9.17) is 0 Å². The first-order valence-electron chi connectivity index (χ1n) is 9.68. The van der Waals surface area contributed by atoms with Gasteiger partial charge in [0.1, 0.15) is 5.82 Å². The molecule has 6 nitrogen and oxygen atoms in total. The Hall–Kier alpha value is -1.34. The molecule has 146 valence electrons. The van der Waals surface area contributed by atoms with Crippen LogP contribution in [0.3, 0.4) is 0 Å². The summed E-state index contributed by atoms with van der Waals surface area (Å²) in [5.74, 6) is 1.81. The molecule has 26 heavy (non-hydrogen) atoms. The SMILES string of the molecule is C=CCn1c(CCN2CCCCC2)nnc1SCC(=O)N[C@H](C)C(C)C. The summed E-state index contributed by atoms with van der Waals surface area (Å²) >= 11 is 1.45. The molecular weight excluding hydrogens is 346 g/mol. The average molecular weight is 380 g/mol. The van der Waals surface area contributed by atoms with Crippen LogP contribution in [-0.2, 0) is 17.8 Å². The molecule has 2 rings (SSSR count). The Morgan fingerprint density at radius 3 is 2.65 bits per heavy atom. The van der Waals surface area contributed by atoms with E-state index in [1.54, 1.807) is 0 Å². The number of rotatable bonds is 10. The summed E-state index contributed by atoms with van der Waals surface area (Å²) < 4.78 is 2.08. The van der Waals surface area contributed by atoms with Crippen LogP contribution in [0.25, 0.3) is 0 Å². The van der Waals surface area contributed by atoms with Crippen molar-refractivity contribution in [3.8, 4) is 0 Å². The fraction of sp³-hybridized carbons (Fsp3) is 0.737. The van der Waals surface area contributed by atoms with Gasteiger partial charge in [0.05, 0.1) is 5.75 Å². The topological polar surface area (TPSA) is 63.1 Å². The van der Waals surface area contributed by atoms with Crippen molar-refractivity contribution < 1.29 is 4.79 Å². The van der Waals surface area contributed by atoms with Crippen LogP contribution in [0.4, 0.5) is 0 Å². The van der Waals surface area contributed by atoms with Gasteiger partial charge in [-0.1, -0.05) is 38.1 Å². The minimum absolute atomic E-state index is 0.0409. The predicted octanol–water partition coefficient (Wildman–Crippen LogP) is 2.75. The summed E-state index contributed by atoms with van der Waals surface area (Å²) in [5, 5.41) is 12.5. The van der Waals surface area contributed by atoms with Crippen LogP contribution in [0.15, 0.2) is 17.8 Å². The fourth-order valence-corrected chi connectivity index (χ4v) is 3.73. The Bertz CT molecular complexity index is 580. The van der Waals surface area contributed by atoms with Gasteiger partial charge in [-0.25, -0.2) is 0 Å². The lowest BCUT2D eigenvalue weighted by Crippen LogP contribution is -2.37. The highest BCUT2D eigenvalue weighted by molar-refractivity contribution is 7.99. The molecule has 0 aromatic carbocycles. The molecule has 1 aromatic rings. The number of piperidine rings is 1. The molecule has 0 bridgehead atoms. The van der Waals surface area contributed by atoms with Gasteiger partial charge in [0, 0.05) is 25.6 Å². The maximum Gasteiger partial charge on any atom is 0.230 e. The lowest BCUT2D eigenvalue weighted by atomic mass is 10.1. The Labute approximate surface area is 161 Å². The molecule has 0 spiro atoms. The number of amides is 1. The fourth-order valence-electron chi connectivity index (χ4n) is 2.96. The molecular formula is C19H33N5OS. The highest BCUT2D eigenvalue weighted by atomic mass is 32.2. The Morgan fingerprint density at radius 1 is 1.27 bits per heavy atom. The molecule has 1 aliphatic rings. The van der Waals surface area contributed by atoms with E-state index in [2.05, 4.69) is 45.4 Å². The molecule has 1 atom stereocenters. The van der Waals surface area contributed by atoms with E-state index in [-0.39, 0.29) is 11.9 Å². The second-order valence-corrected chi connectivity index (χ2v) is 8.28. The predicted molar refractivity (Wildman–Crippen MR) is 107 cm³/mol. The summed E-state index contributed by atoms with van der Waals surface area (Å²) in [6.07, 6.45) is 6.69. The van der Waals surface area contributed by atoms with E-state index in [0.717, 1.165) is 23.9 Å². The largest absolute Gasteiger partial charge is 0.353 e. The summed E-state index contributed by atoms with van der Waals surface area (Å²) in [6, 6.07) is 0.175. The smallest absolute Gasteiger partial charge is 0.230 e. The van der Waals surface area contributed by atoms with Crippen molar-refractivity contribution >= 4 is 17.7 Å². The molecule has 1 fully saturated rings. The molecule has 1 amide bonds. The van der Waals surface area contributed by atoms with Gasteiger partial charge in [-0.2, -0.15) is 0 Å². The summed E-state index contributed by atoms with van der Waals surface area (Å²) in [6.45, 7) is 14.2. The van der Waals surface area contributed by atoms with E-state index >= 15 is 0 Å². The van der Waals surface area contributed by atoms with Crippen molar-refractivity contribution in [3.05, 3.63) is 18.5 Å². The minimum Gasteiger partial charge on any atom is -0.353 e. The quantitative estimate of drug-likeness (QED) is 0.500. The van der Waals surface area contributed by atoms with Crippen LogP contribution < -0.4 is 5.32 Å². The maximum atomic E-state index is 12.1. The number of thioether (sulfide) groups is 1. The number of aromatic nitrogens is 3. The standard InChI is InChI=1S/C19H33N5OS/c1-5-10-24-17(9-13-23-11-7-6-8-12-23)21-22-19(24)26-14-18(25)20-16(4)15(2)3/h5,15-16H,1,6-14H2,2-4H3,(H,20,25)/t16-/m1/s1. The van der Waals surface area contributed by atoms with Crippen molar-refractivity contribution in [3.63, 3.8) is 0 Å². The number of nitrogens with zero attached hydrogens (tertiary/aromatic N) is 4. The van der Waals surface area contributed by atoms with Crippen molar-refractivity contribution in [2.75, 3.05) is 25.4 Å². The van der Waals surface area contributed by atoms with Gasteiger partial charge >= 0.3 is 0 Å².